The van der Waals surface area contributed by atoms with E-state index in [0.29, 0.717) is 34.7 Å². The van der Waals surface area contributed by atoms with Crippen molar-refractivity contribution in [3.63, 3.8) is 0 Å². The lowest BCUT2D eigenvalue weighted by molar-refractivity contribution is -0.122. The van der Waals surface area contributed by atoms with Crippen LogP contribution in [0.5, 0.6) is 0 Å². The monoisotopic (exact) mass is 364 g/mol. The molecule has 6 nitrogen and oxygen atoms in total. The number of anilines is 2. The third kappa shape index (κ3) is 2.60. The van der Waals surface area contributed by atoms with Crippen LogP contribution in [0.25, 0.3) is 10.9 Å². The highest BCUT2D eigenvalue weighted by Crippen LogP contribution is 2.37. The molecule has 0 saturated carbocycles. The zero-order chi connectivity index (χ0) is 18.3. The normalized spacial score (nSPS) is 14.0. The number of nitriles is 1. The molecule has 0 radical (unpaired) electrons. The second-order valence-corrected chi connectivity index (χ2v) is 7.24. The number of hydrogen-bond donors (Lipinski definition) is 2. The summed E-state index contributed by atoms with van der Waals surface area (Å²) in [6.07, 6.45) is 0. The number of fused-ring (bicyclic) bond motifs is 1. The molecule has 3 heterocycles. The van der Waals surface area contributed by atoms with Gasteiger partial charge < -0.3 is 10.3 Å². The molecule has 1 aliphatic heterocycles. The molecule has 4 rings (SSSR count). The number of carbonyl (C=O) groups is 1. The number of hydrogen-bond acceptors (Lipinski definition) is 5. The molecule has 3 aromatic rings. The molecule has 0 unspecified atom stereocenters. The Morgan fingerprint density at radius 3 is 2.77 bits per heavy atom. The SMILES string of the molecule is Cc1ccc2c(N(C(=O)C3CNC3)c3cccs3)c(C#N)c(=O)[nH]c2c1. The second kappa shape index (κ2) is 6.41. The van der Waals surface area contributed by atoms with Crippen molar-refractivity contribution in [2.75, 3.05) is 18.0 Å². The summed E-state index contributed by atoms with van der Waals surface area (Å²) in [7, 11) is 0. The Balaban J connectivity index is 2.04. The summed E-state index contributed by atoms with van der Waals surface area (Å²) >= 11 is 1.41. The average molecular weight is 364 g/mol. The van der Waals surface area contributed by atoms with E-state index in [2.05, 4.69) is 10.3 Å². The molecule has 130 valence electrons. The van der Waals surface area contributed by atoms with Crippen molar-refractivity contribution in [1.29, 1.82) is 5.26 Å². The molecule has 2 N–H and O–H groups in total. The van der Waals surface area contributed by atoms with Gasteiger partial charge in [-0.2, -0.15) is 5.26 Å². The van der Waals surface area contributed by atoms with Crippen LogP contribution in [0.1, 0.15) is 11.1 Å². The molecule has 0 atom stereocenters. The van der Waals surface area contributed by atoms with Crippen molar-refractivity contribution in [3.8, 4) is 6.07 Å². The van der Waals surface area contributed by atoms with E-state index >= 15 is 0 Å². The molecule has 0 bridgehead atoms. The van der Waals surface area contributed by atoms with Crippen LogP contribution in [0.15, 0.2) is 40.5 Å². The van der Waals surface area contributed by atoms with Gasteiger partial charge in [0.25, 0.3) is 5.56 Å². The number of nitrogens with zero attached hydrogens (tertiary/aromatic N) is 2. The largest absolute Gasteiger partial charge is 0.321 e. The Labute approximate surface area is 153 Å². The van der Waals surface area contributed by atoms with Gasteiger partial charge in [-0.05, 0) is 36.1 Å². The molecule has 0 spiro atoms. The number of aromatic amines is 1. The van der Waals surface area contributed by atoms with E-state index in [-0.39, 0.29) is 17.4 Å². The molecular weight excluding hydrogens is 348 g/mol. The number of benzene rings is 1. The van der Waals surface area contributed by atoms with Crippen LogP contribution >= 0.6 is 11.3 Å². The molecule has 1 aromatic carbocycles. The van der Waals surface area contributed by atoms with Gasteiger partial charge >= 0.3 is 0 Å². The van der Waals surface area contributed by atoms with Crippen LogP contribution in [0, 0.1) is 24.2 Å². The second-order valence-electron chi connectivity index (χ2n) is 6.32. The summed E-state index contributed by atoms with van der Waals surface area (Å²) in [4.78, 5) is 30.0. The highest BCUT2D eigenvalue weighted by atomic mass is 32.1. The lowest BCUT2D eigenvalue weighted by Crippen LogP contribution is -2.51. The number of rotatable bonds is 3. The summed E-state index contributed by atoms with van der Waals surface area (Å²) in [5, 5.41) is 16.0. The molecule has 26 heavy (non-hydrogen) atoms. The fourth-order valence-corrected chi connectivity index (χ4v) is 3.84. The minimum absolute atomic E-state index is 0.0459. The number of pyridine rings is 1. The fourth-order valence-electron chi connectivity index (χ4n) is 3.10. The standard InChI is InChI=1S/C19H16N4O2S/c1-11-4-5-13-15(7-11)22-18(24)14(8-20)17(13)23(16-3-2-6-26-16)19(25)12-9-21-10-12/h2-7,12,21H,9-10H2,1H3,(H,22,24). The van der Waals surface area contributed by atoms with Gasteiger partial charge in [-0.1, -0.05) is 12.1 Å². The lowest BCUT2D eigenvalue weighted by Gasteiger charge is -2.32. The zero-order valence-electron chi connectivity index (χ0n) is 14.1. The van der Waals surface area contributed by atoms with E-state index in [1.54, 1.807) is 4.90 Å². The fraction of sp³-hybridized carbons (Fsp3) is 0.211. The van der Waals surface area contributed by atoms with Gasteiger partial charge in [0.05, 0.1) is 17.1 Å². The number of carbonyl (C=O) groups excluding carboxylic acids is 1. The van der Waals surface area contributed by atoms with Crippen LogP contribution in [-0.4, -0.2) is 24.0 Å². The zero-order valence-corrected chi connectivity index (χ0v) is 14.9. The summed E-state index contributed by atoms with van der Waals surface area (Å²) < 4.78 is 0. The number of amides is 1. The Kier molecular flexibility index (Phi) is 4.07. The number of nitrogens with one attached hydrogen (secondary N) is 2. The Morgan fingerprint density at radius 1 is 1.35 bits per heavy atom. The third-order valence-corrected chi connectivity index (χ3v) is 5.41. The number of H-pyrrole nitrogens is 1. The first-order valence-electron chi connectivity index (χ1n) is 8.25. The molecule has 0 aliphatic carbocycles. The summed E-state index contributed by atoms with van der Waals surface area (Å²) in [5.74, 6) is -0.265. The van der Waals surface area contributed by atoms with Gasteiger partial charge in [0.2, 0.25) is 5.91 Å². The smallest absolute Gasteiger partial charge is 0.268 e. The molecule has 1 saturated heterocycles. The van der Waals surface area contributed by atoms with Crippen LogP contribution in [0.2, 0.25) is 0 Å². The van der Waals surface area contributed by atoms with Gasteiger partial charge in [-0.15, -0.1) is 11.3 Å². The van der Waals surface area contributed by atoms with Gasteiger partial charge in [-0.3, -0.25) is 14.5 Å². The minimum Gasteiger partial charge on any atom is -0.321 e. The number of thiophene rings is 1. The van der Waals surface area contributed by atoms with Gasteiger partial charge in [0, 0.05) is 18.5 Å². The summed E-state index contributed by atoms with van der Waals surface area (Å²) in [6.45, 7) is 3.13. The van der Waals surface area contributed by atoms with Crippen molar-refractivity contribution in [2.24, 2.45) is 5.92 Å². The first-order valence-corrected chi connectivity index (χ1v) is 9.13. The maximum atomic E-state index is 13.2. The van der Waals surface area contributed by atoms with E-state index in [0.717, 1.165) is 5.56 Å². The summed E-state index contributed by atoms with van der Waals surface area (Å²) in [5.41, 5.74) is 1.44. The van der Waals surface area contributed by atoms with Gasteiger partial charge in [-0.25, -0.2) is 0 Å². The maximum Gasteiger partial charge on any atom is 0.268 e. The van der Waals surface area contributed by atoms with Crippen LogP contribution < -0.4 is 15.8 Å². The number of aromatic nitrogens is 1. The first kappa shape index (κ1) is 16.5. The highest BCUT2D eigenvalue weighted by molar-refractivity contribution is 7.14. The highest BCUT2D eigenvalue weighted by Gasteiger charge is 2.34. The molecular formula is C19H16N4O2S. The molecule has 2 aromatic heterocycles. The number of aryl methyl sites for hydroxylation is 1. The molecule has 1 aliphatic rings. The van der Waals surface area contributed by atoms with Crippen LogP contribution in [-0.2, 0) is 4.79 Å². The van der Waals surface area contributed by atoms with Crippen molar-refractivity contribution >= 4 is 38.8 Å². The Hall–Kier alpha value is -2.95. The Bertz CT molecular complexity index is 1090. The van der Waals surface area contributed by atoms with Gasteiger partial charge in [0.15, 0.2) is 0 Å². The van der Waals surface area contributed by atoms with Crippen molar-refractivity contribution in [3.05, 3.63) is 57.2 Å². The van der Waals surface area contributed by atoms with E-state index in [9.17, 15) is 14.9 Å². The van der Waals surface area contributed by atoms with E-state index in [1.807, 2.05) is 48.7 Å². The third-order valence-electron chi connectivity index (χ3n) is 4.56. The Morgan fingerprint density at radius 2 is 2.15 bits per heavy atom. The average Bonchev–Trinajstić information content (AvgIpc) is 3.07. The lowest BCUT2D eigenvalue weighted by atomic mass is 9.99. The van der Waals surface area contributed by atoms with Crippen molar-refractivity contribution < 1.29 is 4.79 Å². The molecule has 1 fully saturated rings. The predicted octanol–water partition coefficient (Wildman–Crippen LogP) is 2.65. The summed E-state index contributed by atoms with van der Waals surface area (Å²) in [6, 6.07) is 11.3. The van der Waals surface area contributed by atoms with Crippen molar-refractivity contribution in [2.45, 2.75) is 6.92 Å². The minimum atomic E-state index is -0.485. The van der Waals surface area contributed by atoms with E-state index in [1.165, 1.54) is 11.3 Å². The predicted molar refractivity (Wildman–Crippen MR) is 102 cm³/mol. The van der Waals surface area contributed by atoms with E-state index < -0.39 is 5.56 Å². The molecule has 7 heteroatoms. The topological polar surface area (TPSA) is 89.0 Å². The van der Waals surface area contributed by atoms with Crippen molar-refractivity contribution in [1.82, 2.24) is 10.3 Å². The van der Waals surface area contributed by atoms with Gasteiger partial charge in [0.1, 0.15) is 16.6 Å². The van der Waals surface area contributed by atoms with E-state index in [4.69, 9.17) is 0 Å². The first-order chi connectivity index (χ1) is 12.6. The van der Waals surface area contributed by atoms with Crippen LogP contribution in [0.3, 0.4) is 0 Å². The molecule has 1 amide bonds. The van der Waals surface area contributed by atoms with Crippen LogP contribution in [0.4, 0.5) is 10.7 Å². The quantitative estimate of drug-likeness (QED) is 0.748. The maximum absolute atomic E-state index is 13.2.